The first-order chi connectivity index (χ1) is 15.0. The monoisotopic (exact) mass is 453 g/mol. The molecule has 0 bridgehead atoms. The number of halogens is 4. The largest absolute Gasteiger partial charge is 0.418 e. The van der Waals surface area contributed by atoms with Gasteiger partial charge in [-0.15, -0.1) is 0 Å². The fraction of sp³-hybridized carbons (Fsp3) is 0.300. The number of anilines is 2. The smallest absolute Gasteiger partial charge is 0.371 e. The molecule has 12 heteroatoms. The van der Waals surface area contributed by atoms with Gasteiger partial charge in [0.15, 0.2) is 0 Å². The highest BCUT2D eigenvalue weighted by atomic mass is 19.4. The van der Waals surface area contributed by atoms with Crippen LogP contribution >= 0.6 is 0 Å². The van der Waals surface area contributed by atoms with Gasteiger partial charge in [-0.2, -0.15) is 13.2 Å². The van der Waals surface area contributed by atoms with Gasteiger partial charge >= 0.3 is 6.18 Å². The lowest BCUT2D eigenvalue weighted by Gasteiger charge is -2.41. The molecule has 0 atom stereocenters. The first kappa shape index (κ1) is 23.0. The highest BCUT2D eigenvalue weighted by molar-refractivity contribution is 6.01. The van der Waals surface area contributed by atoms with Crippen molar-refractivity contribution < 1.29 is 31.9 Å². The molecule has 1 saturated carbocycles. The van der Waals surface area contributed by atoms with E-state index >= 15 is 0 Å². The van der Waals surface area contributed by atoms with Crippen LogP contribution in [0.15, 0.2) is 30.5 Å². The van der Waals surface area contributed by atoms with E-state index in [1.165, 1.54) is 19.2 Å². The summed E-state index contributed by atoms with van der Waals surface area (Å²) in [4.78, 5) is 39.2. The molecule has 1 aliphatic rings. The minimum absolute atomic E-state index is 0.176. The predicted molar refractivity (Wildman–Crippen MR) is 106 cm³/mol. The molecule has 3 amide bonds. The van der Waals surface area contributed by atoms with E-state index in [9.17, 15) is 31.9 Å². The number of hydrogen-bond donors (Lipinski definition) is 4. The fourth-order valence-electron chi connectivity index (χ4n) is 3.32. The van der Waals surface area contributed by atoms with Crippen molar-refractivity contribution in [3.05, 3.63) is 53.1 Å². The molecule has 0 saturated heterocycles. The van der Waals surface area contributed by atoms with Gasteiger partial charge in [0.05, 0.1) is 23.0 Å². The summed E-state index contributed by atoms with van der Waals surface area (Å²) < 4.78 is 54.0. The first-order valence-corrected chi connectivity index (χ1v) is 9.45. The van der Waals surface area contributed by atoms with Gasteiger partial charge in [0, 0.05) is 12.7 Å². The van der Waals surface area contributed by atoms with Crippen molar-refractivity contribution in [2.24, 2.45) is 5.73 Å². The topological polar surface area (TPSA) is 126 Å². The Bertz CT molecular complexity index is 1080. The number of aromatic nitrogens is 1. The Kier molecular flexibility index (Phi) is 6.06. The van der Waals surface area contributed by atoms with Gasteiger partial charge in [0.25, 0.3) is 11.8 Å². The number of nitrogens with one attached hydrogen (secondary N) is 3. The molecule has 0 unspecified atom stereocenters. The number of alkyl halides is 3. The summed E-state index contributed by atoms with van der Waals surface area (Å²) in [6.07, 6.45) is -2.66. The molecule has 170 valence electrons. The highest BCUT2D eigenvalue weighted by Gasteiger charge is 2.45. The Morgan fingerprint density at radius 3 is 2.31 bits per heavy atom. The molecule has 3 rings (SSSR count). The van der Waals surface area contributed by atoms with E-state index in [2.05, 4.69) is 20.9 Å². The van der Waals surface area contributed by atoms with E-state index < -0.39 is 46.5 Å². The van der Waals surface area contributed by atoms with E-state index in [1.54, 1.807) is 0 Å². The molecule has 1 aromatic carbocycles. The Morgan fingerprint density at radius 1 is 1.12 bits per heavy atom. The number of rotatable bonds is 6. The maximum Gasteiger partial charge on any atom is 0.418 e. The van der Waals surface area contributed by atoms with Gasteiger partial charge in [-0.05, 0) is 43.5 Å². The summed E-state index contributed by atoms with van der Waals surface area (Å²) >= 11 is 0. The number of primary amides is 1. The fourth-order valence-corrected chi connectivity index (χ4v) is 3.32. The summed E-state index contributed by atoms with van der Waals surface area (Å²) in [6.45, 7) is 0. The SMILES string of the molecule is CNC(=O)c1ccc(NC2(C(=O)Nc3cnc(C(N)=O)c(C(F)(F)F)c3)CCC2)cc1F. The van der Waals surface area contributed by atoms with Crippen molar-refractivity contribution in [1.82, 2.24) is 10.3 Å². The van der Waals surface area contributed by atoms with Crippen LogP contribution in [0.2, 0.25) is 0 Å². The molecule has 1 aromatic heterocycles. The second-order valence-electron chi connectivity index (χ2n) is 7.27. The van der Waals surface area contributed by atoms with Crippen LogP contribution in [0.1, 0.15) is 45.7 Å². The van der Waals surface area contributed by atoms with Crippen molar-refractivity contribution in [2.75, 3.05) is 17.7 Å². The molecule has 32 heavy (non-hydrogen) atoms. The van der Waals surface area contributed by atoms with Crippen LogP contribution < -0.4 is 21.7 Å². The second-order valence-corrected chi connectivity index (χ2v) is 7.27. The van der Waals surface area contributed by atoms with Crippen molar-refractivity contribution >= 4 is 29.1 Å². The number of nitrogens with zero attached hydrogens (tertiary/aromatic N) is 1. The van der Waals surface area contributed by atoms with Crippen LogP contribution in [-0.2, 0) is 11.0 Å². The number of pyridine rings is 1. The maximum absolute atomic E-state index is 14.2. The molecule has 0 spiro atoms. The zero-order valence-corrected chi connectivity index (χ0v) is 16.8. The van der Waals surface area contributed by atoms with E-state index in [0.717, 1.165) is 12.3 Å². The van der Waals surface area contributed by atoms with Crippen molar-refractivity contribution in [3.63, 3.8) is 0 Å². The summed E-state index contributed by atoms with van der Waals surface area (Å²) in [7, 11) is 1.36. The van der Waals surface area contributed by atoms with Crippen LogP contribution in [0.4, 0.5) is 28.9 Å². The van der Waals surface area contributed by atoms with Gasteiger partial charge in [-0.3, -0.25) is 14.4 Å². The third kappa shape index (κ3) is 4.48. The molecule has 0 aliphatic heterocycles. The summed E-state index contributed by atoms with van der Waals surface area (Å²) in [5.41, 5.74) is 1.20. The van der Waals surface area contributed by atoms with E-state index in [4.69, 9.17) is 5.73 Å². The quantitative estimate of drug-likeness (QED) is 0.501. The van der Waals surface area contributed by atoms with Crippen LogP contribution in [-0.4, -0.2) is 35.3 Å². The Balaban J connectivity index is 1.83. The normalized spacial score (nSPS) is 14.8. The molecule has 1 fully saturated rings. The van der Waals surface area contributed by atoms with Crippen LogP contribution in [0.3, 0.4) is 0 Å². The van der Waals surface area contributed by atoms with E-state index in [-0.39, 0.29) is 16.9 Å². The Hall–Kier alpha value is -3.70. The Morgan fingerprint density at radius 2 is 1.81 bits per heavy atom. The van der Waals surface area contributed by atoms with Crippen molar-refractivity contribution in [1.29, 1.82) is 0 Å². The number of nitrogens with two attached hydrogens (primary N) is 1. The second kappa shape index (κ2) is 8.44. The van der Waals surface area contributed by atoms with E-state index in [1.807, 2.05) is 0 Å². The number of hydrogen-bond acceptors (Lipinski definition) is 5. The zero-order chi connectivity index (χ0) is 23.7. The van der Waals surface area contributed by atoms with Crippen molar-refractivity contribution in [3.8, 4) is 0 Å². The lowest BCUT2D eigenvalue weighted by molar-refractivity contribution is -0.138. The average molecular weight is 453 g/mol. The van der Waals surface area contributed by atoms with E-state index in [0.29, 0.717) is 25.3 Å². The average Bonchev–Trinajstić information content (AvgIpc) is 2.69. The molecule has 1 aliphatic carbocycles. The minimum atomic E-state index is -4.91. The third-order valence-corrected chi connectivity index (χ3v) is 5.15. The molecule has 5 N–H and O–H groups in total. The van der Waals surface area contributed by atoms with Gasteiger partial charge < -0.3 is 21.7 Å². The molecule has 0 radical (unpaired) electrons. The standard InChI is InChI=1S/C20H19F4N5O3/c1-26-17(31)12-4-3-10(8-14(12)21)29-19(5-2-6-19)18(32)28-11-7-13(20(22,23)24)15(16(25)30)27-9-11/h3-4,7-9,29H,2,5-6H2,1H3,(H2,25,30)(H,26,31)(H,28,32). The number of benzene rings is 1. The summed E-state index contributed by atoms with van der Waals surface area (Å²) in [5.74, 6) is -3.42. The number of carbonyl (C=O) groups is 3. The highest BCUT2D eigenvalue weighted by Crippen LogP contribution is 2.38. The summed E-state index contributed by atoms with van der Waals surface area (Å²) in [5, 5.41) is 7.58. The van der Waals surface area contributed by atoms with Gasteiger partial charge in [-0.1, -0.05) is 0 Å². The van der Waals surface area contributed by atoms with Crippen LogP contribution in [0.25, 0.3) is 0 Å². The Labute approximate surface area is 179 Å². The lowest BCUT2D eigenvalue weighted by Crippen LogP contribution is -2.54. The molecular formula is C20H19F4N5O3. The van der Waals surface area contributed by atoms with Gasteiger partial charge in [0.2, 0.25) is 5.91 Å². The molecule has 1 heterocycles. The maximum atomic E-state index is 14.2. The van der Waals surface area contributed by atoms with Crippen molar-refractivity contribution in [2.45, 2.75) is 31.0 Å². The molecular weight excluding hydrogens is 434 g/mol. The lowest BCUT2D eigenvalue weighted by atomic mass is 9.75. The van der Waals surface area contributed by atoms with Crippen LogP contribution in [0.5, 0.6) is 0 Å². The van der Waals surface area contributed by atoms with Gasteiger partial charge in [-0.25, -0.2) is 9.37 Å². The first-order valence-electron chi connectivity index (χ1n) is 9.45. The summed E-state index contributed by atoms with van der Waals surface area (Å²) in [6, 6.07) is 4.31. The van der Waals surface area contributed by atoms with Crippen LogP contribution in [0, 0.1) is 5.82 Å². The minimum Gasteiger partial charge on any atom is -0.371 e. The third-order valence-electron chi connectivity index (χ3n) is 5.15. The number of amides is 3. The zero-order valence-electron chi connectivity index (χ0n) is 16.8. The molecule has 2 aromatic rings. The predicted octanol–water partition coefficient (Wildman–Crippen LogP) is 2.67. The molecule has 8 nitrogen and oxygen atoms in total. The number of carbonyl (C=O) groups excluding carboxylic acids is 3. The van der Waals surface area contributed by atoms with Gasteiger partial charge in [0.1, 0.15) is 17.1 Å².